The van der Waals surface area contributed by atoms with Crippen LogP contribution in [0, 0.1) is 0 Å². The van der Waals surface area contributed by atoms with E-state index in [9.17, 15) is 13.2 Å². The fourth-order valence-electron chi connectivity index (χ4n) is 0.959. The number of carboxylic acids is 1. The van der Waals surface area contributed by atoms with Crippen molar-refractivity contribution in [3.63, 3.8) is 0 Å². The molecule has 92 valence electrons. The van der Waals surface area contributed by atoms with Crippen molar-refractivity contribution in [2.24, 2.45) is 5.10 Å². The predicted molar refractivity (Wildman–Crippen MR) is 59.4 cm³/mol. The van der Waals surface area contributed by atoms with Gasteiger partial charge in [-0.2, -0.15) is 18.4 Å². The highest BCUT2D eigenvalue weighted by molar-refractivity contribution is 7.89. The van der Waals surface area contributed by atoms with Gasteiger partial charge in [-0.1, -0.05) is 0 Å². The number of sulfonamides is 1. The molecular formula is C9H10N2O5S. The molecule has 0 aromatic heterocycles. The summed E-state index contributed by atoms with van der Waals surface area (Å²) in [5, 5.41) is 11.3. The first-order valence-corrected chi connectivity index (χ1v) is 5.86. The van der Waals surface area contributed by atoms with E-state index in [1.165, 1.54) is 31.4 Å². The van der Waals surface area contributed by atoms with Gasteiger partial charge in [0.15, 0.2) is 0 Å². The first kappa shape index (κ1) is 13.0. The Kier molecular flexibility index (Phi) is 4.05. The molecule has 0 aliphatic heterocycles. The second-order valence-electron chi connectivity index (χ2n) is 2.87. The quantitative estimate of drug-likeness (QED) is 0.573. The number of hydrogen-bond acceptors (Lipinski definition) is 5. The summed E-state index contributed by atoms with van der Waals surface area (Å²) >= 11 is 0. The molecule has 1 aromatic rings. The van der Waals surface area contributed by atoms with Crippen molar-refractivity contribution in [2.45, 2.75) is 4.90 Å². The molecule has 2 N–H and O–H groups in total. The summed E-state index contributed by atoms with van der Waals surface area (Å²) in [7, 11) is -2.39. The second-order valence-corrected chi connectivity index (χ2v) is 4.53. The molecule has 7 nitrogen and oxygen atoms in total. The molecule has 0 bridgehead atoms. The van der Waals surface area contributed by atoms with E-state index in [0.29, 0.717) is 12.0 Å². The van der Waals surface area contributed by atoms with Gasteiger partial charge in [0.25, 0.3) is 10.0 Å². The molecule has 1 aromatic carbocycles. The van der Waals surface area contributed by atoms with Gasteiger partial charge in [0, 0.05) is 0 Å². The zero-order valence-electron chi connectivity index (χ0n) is 8.82. The molecule has 1 rings (SSSR count). The van der Waals surface area contributed by atoms with Crippen LogP contribution in [0.25, 0.3) is 0 Å². The van der Waals surface area contributed by atoms with Crippen molar-refractivity contribution in [3.05, 3.63) is 24.3 Å². The molecule has 8 heteroatoms. The Morgan fingerprint density at radius 3 is 2.47 bits per heavy atom. The van der Waals surface area contributed by atoms with Gasteiger partial charge in [0.05, 0.1) is 12.0 Å². The Hall–Kier alpha value is -2.09. The van der Waals surface area contributed by atoms with E-state index in [0.717, 1.165) is 0 Å². The van der Waals surface area contributed by atoms with Crippen LogP contribution < -0.4 is 9.57 Å². The van der Waals surface area contributed by atoms with E-state index >= 15 is 0 Å². The van der Waals surface area contributed by atoms with Crippen molar-refractivity contribution in [2.75, 3.05) is 7.11 Å². The first-order valence-electron chi connectivity index (χ1n) is 4.37. The molecule has 0 unspecified atom stereocenters. The molecule has 0 saturated carbocycles. The van der Waals surface area contributed by atoms with E-state index in [1.54, 1.807) is 4.83 Å². The fraction of sp³-hybridized carbons (Fsp3) is 0.111. The summed E-state index contributed by atoms with van der Waals surface area (Å²) in [5.41, 5.74) is 0. The number of hydrazone groups is 1. The Bertz CT molecular complexity index is 521. The van der Waals surface area contributed by atoms with Crippen LogP contribution >= 0.6 is 0 Å². The van der Waals surface area contributed by atoms with Crippen LogP contribution in [0.3, 0.4) is 0 Å². The summed E-state index contributed by atoms with van der Waals surface area (Å²) in [4.78, 5) is 11.8. The SMILES string of the molecule is COc1ccc(S(=O)(=O)N/N=C/C(=O)O)cc1. The number of rotatable bonds is 5. The number of nitrogens with zero attached hydrogens (tertiary/aromatic N) is 1. The molecule has 0 fully saturated rings. The molecule has 0 saturated heterocycles. The summed E-state index contributed by atoms with van der Waals surface area (Å²) in [5.74, 6) is -0.833. The highest BCUT2D eigenvalue weighted by Gasteiger charge is 2.12. The third-order valence-electron chi connectivity index (χ3n) is 1.72. The van der Waals surface area contributed by atoms with E-state index in [2.05, 4.69) is 5.10 Å². The van der Waals surface area contributed by atoms with Crippen molar-refractivity contribution in [1.29, 1.82) is 0 Å². The van der Waals surface area contributed by atoms with Crippen LogP contribution in [-0.2, 0) is 14.8 Å². The number of carboxylic acid groups (broad SMARTS) is 1. The number of benzene rings is 1. The molecule has 0 radical (unpaired) electrons. The average molecular weight is 258 g/mol. The van der Waals surface area contributed by atoms with Gasteiger partial charge < -0.3 is 9.84 Å². The Morgan fingerprint density at radius 1 is 1.41 bits per heavy atom. The zero-order chi connectivity index (χ0) is 12.9. The molecule has 0 aliphatic rings. The Balaban J connectivity index is 2.86. The lowest BCUT2D eigenvalue weighted by atomic mass is 10.3. The minimum Gasteiger partial charge on any atom is -0.497 e. The number of hydrogen-bond donors (Lipinski definition) is 2. The number of ether oxygens (including phenoxy) is 1. The third kappa shape index (κ3) is 3.76. The summed E-state index contributed by atoms with van der Waals surface area (Å²) in [6.45, 7) is 0. The van der Waals surface area contributed by atoms with Gasteiger partial charge in [-0.3, -0.25) is 0 Å². The monoisotopic (exact) mass is 258 g/mol. The number of carbonyl (C=O) groups is 1. The maximum Gasteiger partial charge on any atom is 0.348 e. The molecular weight excluding hydrogens is 248 g/mol. The standard InChI is InChI=1S/C9H10N2O5S/c1-16-7-2-4-8(5-3-7)17(14,15)11-10-6-9(12)13/h2-6,11H,1H3,(H,12,13)/b10-6+. The topological polar surface area (TPSA) is 105 Å². The summed E-state index contributed by atoms with van der Waals surface area (Å²) in [6.07, 6.45) is 0.446. The van der Waals surface area contributed by atoms with Crippen molar-refractivity contribution < 1.29 is 23.1 Å². The summed E-state index contributed by atoms with van der Waals surface area (Å²) < 4.78 is 28.0. The van der Waals surface area contributed by atoms with Crippen LogP contribution in [-0.4, -0.2) is 32.8 Å². The number of nitrogens with one attached hydrogen (secondary N) is 1. The van der Waals surface area contributed by atoms with Gasteiger partial charge in [-0.05, 0) is 24.3 Å². The average Bonchev–Trinajstić information content (AvgIpc) is 2.28. The van der Waals surface area contributed by atoms with Gasteiger partial charge in [-0.25, -0.2) is 4.79 Å². The molecule has 0 heterocycles. The minimum atomic E-state index is -3.85. The maximum atomic E-state index is 11.6. The smallest absolute Gasteiger partial charge is 0.348 e. The van der Waals surface area contributed by atoms with E-state index in [-0.39, 0.29) is 4.90 Å². The zero-order valence-corrected chi connectivity index (χ0v) is 9.64. The van der Waals surface area contributed by atoms with Gasteiger partial charge in [0.2, 0.25) is 0 Å². The minimum absolute atomic E-state index is 0.0409. The van der Waals surface area contributed by atoms with Crippen LogP contribution in [0.5, 0.6) is 5.75 Å². The van der Waals surface area contributed by atoms with Gasteiger partial charge in [-0.15, -0.1) is 0 Å². The maximum absolute atomic E-state index is 11.6. The van der Waals surface area contributed by atoms with Crippen molar-refractivity contribution in [1.82, 2.24) is 4.83 Å². The second kappa shape index (κ2) is 5.30. The van der Waals surface area contributed by atoms with Crippen molar-refractivity contribution in [3.8, 4) is 5.75 Å². The highest BCUT2D eigenvalue weighted by atomic mass is 32.2. The highest BCUT2D eigenvalue weighted by Crippen LogP contribution is 2.14. The largest absolute Gasteiger partial charge is 0.497 e. The fourth-order valence-corrected chi connectivity index (χ4v) is 1.75. The lowest BCUT2D eigenvalue weighted by molar-refractivity contribution is -0.128. The van der Waals surface area contributed by atoms with Crippen LogP contribution in [0.15, 0.2) is 34.3 Å². The Labute approximate surface area is 97.8 Å². The van der Waals surface area contributed by atoms with Gasteiger partial charge >= 0.3 is 5.97 Å². The molecule has 0 spiro atoms. The number of aliphatic carboxylic acids is 1. The lowest BCUT2D eigenvalue weighted by Gasteiger charge is -2.04. The molecule has 0 aliphatic carbocycles. The van der Waals surface area contributed by atoms with E-state index in [4.69, 9.17) is 9.84 Å². The predicted octanol–water partition coefficient (Wildman–Crippen LogP) is 0.0439. The van der Waals surface area contributed by atoms with Crippen LogP contribution in [0.1, 0.15) is 0 Å². The number of methoxy groups -OCH3 is 1. The first-order chi connectivity index (χ1) is 7.95. The van der Waals surface area contributed by atoms with Crippen LogP contribution in [0.4, 0.5) is 0 Å². The van der Waals surface area contributed by atoms with E-state index in [1.807, 2.05) is 0 Å². The molecule has 0 atom stereocenters. The lowest BCUT2D eigenvalue weighted by Crippen LogP contribution is -2.19. The van der Waals surface area contributed by atoms with Crippen molar-refractivity contribution >= 4 is 22.2 Å². The molecule has 17 heavy (non-hydrogen) atoms. The molecule has 0 amide bonds. The normalized spacial score (nSPS) is 11.4. The van der Waals surface area contributed by atoms with Gasteiger partial charge in [0.1, 0.15) is 12.0 Å². The summed E-state index contributed by atoms with van der Waals surface area (Å²) in [6, 6.07) is 5.57. The Morgan fingerprint density at radius 2 is 2.00 bits per heavy atom. The van der Waals surface area contributed by atoms with Crippen LogP contribution in [0.2, 0.25) is 0 Å². The van der Waals surface area contributed by atoms with E-state index < -0.39 is 16.0 Å². The third-order valence-corrected chi connectivity index (χ3v) is 2.96.